The first-order valence-electron chi connectivity index (χ1n) is 10.3. The Morgan fingerprint density at radius 3 is 2.28 bits per heavy atom. The van der Waals surface area contributed by atoms with E-state index in [9.17, 15) is 10.1 Å². The second-order valence-electron chi connectivity index (χ2n) is 8.01. The molecule has 148 valence electrons. The number of hydrogen-bond acceptors (Lipinski definition) is 3. The Bertz CT molecular complexity index is 906. The number of rotatable bonds is 5. The number of likely N-dealkylation sites (tertiary alicyclic amines) is 1. The maximum atomic E-state index is 12.7. The number of hydrogen-bond donors (Lipinski definition) is 0. The molecule has 1 fully saturated rings. The van der Waals surface area contributed by atoms with Crippen LogP contribution < -0.4 is 0 Å². The number of allylic oxidation sites excluding steroid dienone is 1. The molecule has 4 heteroatoms. The summed E-state index contributed by atoms with van der Waals surface area (Å²) >= 11 is 0. The third-order valence-corrected chi connectivity index (χ3v) is 6.38. The van der Waals surface area contributed by atoms with Gasteiger partial charge in [-0.15, -0.1) is 6.58 Å². The largest absolute Gasteiger partial charge is 0.448 e. The number of nitrogens with zero attached hydrogens (tertiary/aromatic N) is 2. The minimum Gasteiger partial charge on any atom is -0.448 e. The first-order valence-corrected chi connectivity index (χ1v) is 10.3. The van der Waals surface area contributed by atoms with Gasteiger partial charge in [-0.25, -0.2) is 4.79 Å². The molecule has 0 unspecified atom stereocenters. The lowest BCUT2D eigenvalue weighted by atomic mass is 9.76. The van der Waals surface area contributed by atoms with Crippen LogP contribution in [0.3, 0.4) is 0 Å². The fraction of sp³-hybridized carbons (Fsp3) is 0.360. The summed E-state index contributed by atoms with van der Waals surface area (Å²) in [5.74, 6) is 0.0712. The number of amides is 1. The predicted molar refractivity (Wildman–Crippen MR) is 113 cm³/mol. The SMILES string of the molecule is C=CCCC1(C#N)CCN(C(=O)OCC2c3ccccc3-c3ccccc32)CC1. The molecule has 1 saturated heterocycles. The number of carbonyl (C=O) groups is 1. The van der Waals surface area contributed by atoms with Crippen molar-refractivity contribution in [2.75, 3.05) is 19.7 Å². The molecular weight excluding hydrogens is 360 g/mol. The summed E-state index contributed by atoms with van der Waals surface area (Å²) in [6.07, 6.45) is 4.62. The van der Waals surface area contributed by atoms with E-state index in [4.69, 9.17) is 4.74 Å². The van der Waals surface area contributed by atoms with Gasteiger partial charge in [-0.1, -0.05) is 54.6 Å². The monoisotopic (exact) mass is 386 g/mol. The highest BCUT2D eigenvalue weighted by Gasteiger charge is 2.36. The molecule has 0 aromatic heterocycles. The van der Waals surface area contributed by atoms with Gasteiger partial charge in [0.05, 0.1) is 11.5 Å². The topological polar surface area (TPSA) is 53.3 Å². The van der Waals surface area contributed by atoms with Gasteiger partial charge in [0.15, 0.2) is 0 Å². The van der Waals surface area contributed by atoms with Crippen molar-refractivity contribution in [3.05, 3.63) is 72.3 Å². The molecule has 2 aromatic rings. The predicted octanol–water partition coefficient (Wildman–Crippen LogP) is 5.51. The first kappa shape index (κ1) is 19.3. The van der Waals surface area contributed by atoms with E-state index >= 15 is 0 Å². The van der Waals surface area contributed by atoms with Gasteiger partial charge in [0.1, 0.15) is 6.61 Å². The number of piperidine rings is 1. The number of fused-ring (bicyclic) bond motifs is 3. The average Bonchev–Trinajstić information content (AvgIpc) is 3.10. The lowest BCUT2D eigenvalue weighted by molar-refractivity contribution is 0.0752. The molecule has 2 aromatic carbocycles. The molecule has 0 spiro atoms. The van der Waals surface area contributed by atoms with Crippen molar-refractivity contribution in [1.82, 2.24) is 4.90 Å². The molecule has 1 aliphatic carbocycles. The van der Waals surface area contributed by atoms with Crippen molar-refractivity contribution in [1.29, 1.82) is 5.26 Å². The molecular formula is C25H26N2O2. The molecule has 1 amide bonds. The summed E-state index contributed by atoms with van der Waals surface area (Å²) in [5.41, 5.74) is 4.54. The zero-order valence-electron chi connectivity index (χ0n) is 16.6. The zero-order valence-corrected chi connectivity index (χ0v) is 16.6. The molecule has 4 rings (SSSR count). The van der Waals surface area contributed by atoms with Crippen molar-refractivity contribution in [2.45, 2.75) is 31.6 Å². The van der Waals surface area contributed by atoms with Crippen LogP contribution in [0.15, 0.2) is 61.2 Å². The van der Waals surface area contributed by atoms with Crippen LogP contribution in [-0.4, -0.2) is 30.7 Å². The van der Waals surface area contributed by atoms with Crippen molar-refractivity contribution in [3.8, 4) is 17.2 Å². The molecule has 1 aliphatic heterocycles. The Hall–Kier alpha value is -3.06. The van der Waals surface area contributed by atoms with Crippen LogP contribution in [0.4, 0.5) is 4.79 Å². The van der Waals surface area contributed by atoms with Gasteiger partial charge in [0.25, 0.3) is 0 Å². The van der Waals surface area contributed by atoms with Crippen LogP contribution >= 0.6 is 0 Å². The van der Waals surface area contributed by atoms with Crippen molar-refractivity contribution in [3.63, 3.8) is 0 Å². The Morgan fingerprint density at radius 1 is 1.14 bits per heavy atom. The Kier molecular flexibility index (Phi) is 5.40. The Labute approximate surface area is 172 Å². The van der Waals surface area contributed by atoms with Gasteiger partial charge in [-0.05, 0) is 47.9 Å². The maximum absolute atomic E-state index is 12.7. The van der Waals surface area contributed by atoms with Crippen LogP contribution in [-0.2, 0) is 4.74 Å². The normalized spacial score (nSPS) is 17.1. The van der Waals surface area contributed by atoms with Crippen LogP contribution in [0, 0.1) is 16.7 Å². The number of ether oxygens (including phenoxy) is 1. The molecule has 0 N–H and O–H groups in total. The van der Waals surface area contributed by atoms with Crippen LogP contribution in [0.5, 0.6) is 0 Å². The highest BCUT2D eigenvalue weighted by molar-refractivity contribution is 5.79. The van der Waals surface area contributed by atoms with E-state index in [2.05, 4.69) is 36.9 Å². The van der Waals surface area contributed by atoms with Gasteiger partial charge in [0.2, 0.25) is 0 Å². The molecule has 1 heterocycles. The van der Waals surface area contributed by atoms with E-state index in [0.29, 0.717) is 32.5 Å². The Balaban J connectivity index is 1.40. The maximum Gasteiger partial charge on any atom is 0.409 e. The molecule has 4 nitrogen and oxygen atoms in total. The summed E-state index contributed by atoms with van der Waals surface area (Å²) in [6.45, 7) is 5.23. The minimum atomic E-state index is -0.339. The molecule has 29 heavy (non-hydrogen) atoms. The molecule has 2 aliphatic rings. The van der Waals surface area contributed by atoms with Crippen LogP contribution in [0.25, 0.3) is 11.1 Å². The minimum absolute atomic E-state index is 0.0712. The second kappa shape index (κ2) is 8.13. The van der Waals surface area contributed by atoms with Crippen molar-refractivity contribution < 1.29 is 9.53 Å². The molecule has 0 saturated carbocycles. The lowest BCUT2D eigenvalue weighted by Gasteiger charge is -2.36. The summed E-state index contributed by atoms with van der Waals surface area (Å²) in [5, 5.41) is 9.61. The van der Waals surface area contributed by atoms with Gasteiger partial charge in [-0.3, -0.25) is 0 Å². The van der Waals surface area contributed by atoms with E-state index < -0.39 is 0 Å². The number of benzene rings is 2. The number of carbonyl (C=O) groups excluding carboxylic acids is 1. The third-order valence-electron chi connectivity index (χ3n) is 6.38. The second-order valence-corrected chi connectivity index (χ2v) is 8.01. The summed E-state index contributed by atoms with van der Waals surface area (Å²) in [6, 6.07) is 19.2. The highest BCUT2D eigenvalue weighted by atomic mass is 16.6. The van der Waals surface area contributed by atoms with Gasteiger partial charge >= 0.3 is 6.09 Å². The van der Waals surface area contributed by atoms with Gasteiger partial charge < -0.3 is 9.64 Å². The zero-order chi connectivity index (χ0) is 20.3. The van der Waals surface area contributed by atoms with E-state index in [1.165, 1.54) is 22.3 Å². The summed E-state index contributed by atoms with van der Waals surface area (Å²) in [7, 11) is 0. The first-order chi connectivity index (χ1) is 14.2. The lowest BCUT2D eigenvalue weighted by Crippen LogP contribution is -2.43. The van der Waals surface area contributed by atoms with Crippen molar-refractivity contribution in [2.24, 2.45) is 5.41 Å². The standard InChI is InChI=1S/C25H26N2O2/c1-2-3-12-25(18-26)13-15-27(16-14-25)24(28)29-17-23-21-10-6-4-8-19(21)20-9-5-7-11-22(20)23/h2,4-11,23H,1,3,12-17H2. The molecule has 0 bridgehead atoms. The Morgan fingerprint density at radius 2 is 1.72 bits per heavy atom. The molecule has 0 atom stereocenters. The summed E-state index contributed by atoms with van der Waals surface area (Å²) in [4.78, 5) is 14.4. The fourth-order valence-electron chi connectivity index (χ4n) is 4.60. The van der Waals surface area contributed by atoms with Gasteiger partial charge in [0, 0.05) is 19.0 Å². The van der Waals surface area contributed by atoms with Crippen molar-refractivity contribution >= 4 is 6.09 Å². The van der Waals surface area contributed by atoms with E-state index in [1.807, 2.05) is 30.3 Å². The quantitative estimate of drug-likeness (QED) is 0.637. The average molecular weight is 386 g/mol. The van der Waals surface area contributed by atoms with E-state index in [1.54, 1.807) is 4.90 Å². The highest BCUT2D eigenvalue weighted by Crippen LogP contribution is 2.44. The van der Waals surface area contributed by atoms with E-state index in [0.717, 1.165) is 12.8 Å². The fourth-order valence-corrected chi connectivity index (χ4v) is 4.60. The molecule has 0 radical (unpaired) electrons. The third kappa shape index (κ3) is 3.65. The van der Waals surface area contributed by atoms with Gasteiger partial charge in [-0.2, -0.15) is 5.26 Å². The van der Waals surface area contributed by atoms with E-state index in [-0.39, 0.29) is 17.4 Å². The van der Waals surface area contributed by atoms with Crippen LogP contribution in [0.2, 0.25) is 0 Å². The summed E-state index contributed by atoms with van der Waals surface area (Å²) < 4.78 is 5.75. The smallest absolute Gasteiger partial charge is 0.409 e. The number of nitriles is 1. The van der Waals surface area contributed by atoms with Crippen LogP contribution in [0.1, 0.15) is 42.7 Å².